The van der Waals surface area contributed by atoms with E-state index < -0.39 is 42.5 Å². The van der Waals surface area contributed by atoms with Crippen molar-refractivity contribution in [3.63, 3.8) is 0 Å². The fourth-order valence-electron chi connectivity index (χ4n) is 8.83. The monoisotopic (exact) mass is 992 g/mol. The first-order chi connectivity index (χ1) is 26.3. The van der Waals surface area contributed by atoms with Crippen LogP contribution in [0.5, 0.6) is 11.5 Å². The zero-order chi connectivity index (χ0) is 39.7. The van der Waals surface area contributed by atoms with Gasteiger partial charge in [0.05, 0.1) is 0 Å². The molecule has 1 aliphatic heterocycles. The molecule has 0 aromatic carbocycles. The van der Waals surface area contributed by atoms with Gasteiger partial charge >= 0.3 is 353 Å². The summed E-state index contributed by atoms with van der Waals surface area (Å²) in [6.07, 6.45) is 25.6. The van der Waals surface area contributed by atoms with E-state index in [4.69, 9.17) is 18.9 Å². The molecule has 0 bridgehead atoms. The number of thiophene rings is 1. The summed E-state index contributed by atoms with van der Waals surface area (Å²) in [4.78, 5) is 0. The summed E-state index contributed by atoms with van der Waals surface area (Å²) < 4.78 is 41.4. The van der Waals surface area contributed by atoms with Gasteiger partial charge in [0.15, 0.2) is 0 Å². The Labute approximate surface area is 349 Å². The Balaban J connectivity index is 2.87. The van der Waals surface area contributed by atoms with Crippen LogP contribution >= 0.6 is 11.3 Å². The summed E-state index contributed by atoms with van der Waals surface area (Å²) in [6, 6.07) is 0. The third-order valence-electron chi connectivity index (χ3n) is 13.0. The van der Waals surface area contributed by atoms with E-state index in [-0.39, 0.29) is 0 Å². The summed E-state index contributed by atoms with van der Waals surface area (Å²) in [7, 11) is 0. The van der Waals surface area contributed by atoms with E-state index in [2.05, 4.69) is 80.6 Å². The number of hydrogen-bond acceptors (Lipinski definition) is 5. The van der Waals surface area contributed by atoms with Crippen molar-refractivity contribution in [3.05, 3.63) is 0 Å². The van der Waals surface area contributed by atoms with E-state index in [1.807, 2.05) is 0 Å². The molecule has 1 aliphatic rings. The van der Waals surface area contributed by atoms with Crippen molar-refractivity contribution in [2.75, 3.05) is 26.4 Å². The molecule has 2 rings (SSSR count). The fourth-order valence-corrected chi connectivity index (χ4v) is 51.6. The van der Waals surface area contributed by atoms with Crippen LogP contribution in [0.4, 0.5) is 0 Å². The number of rotatable bonds is 34. The topological polar surface area (TPSA) is 36.9 Å². The van der Waals surface area contributed by atoms with Crippen molar-refractivity contribution in [2.45, 2.75) is 230 Å². The third kappa shape index (κ3) is 15.8. The molecule has 1 aromatic rings. The average molecular weight is 991 g/mol. The third-order valence-corrected chi connectivity index (χ3v) is 50.5. The van der Waals surface area contributed by atoms with Gasteiger partial charge in [-0.25, -0.2) is 0 Å². The Kier molecular flexibility index (Phi) is 27.5. The molecular weight excluding hydrogens is 898 g/mol. The second-order valence-electron chi connectivity index (χ2n) is 17.5. The molecule has 318 valence electrons. The van der Waals surface area contributed by atoms with E-state index in [9.17, 15) is 0 Å². The maximum absolute atomic E-state index is 7.45. The van der Waals surface area contributed by atoms with Crippen LogP contribution < -0.4 is 15.3 Å². The summed E-state index contributed by atoms with van der Waals surface area (Å²) in [5, 5.41) is 0. The Bertz CT molecular complexity index is 952. The standard InChI is InChI=1S/C23H38O4S.6C4H9.2Sn/c1-5-9-11-19(7-3)13-26-23(27-14-20(8-4)12-10-6-2)17-24-21-15-28-16-22(21)25-18-23;6*1-3-4-2;;/h19-20H,5-14,17-18H2,1-4H3;6*1,3-4H2,2H3;;. The molecule has 0 saturated carbocycles. The Morgan fingerprint density at radius 1 is 0.481 bits per heavy atom. The minimum atomic E-state index is -2.92. The van der Waals surface area contributed by atoms with Crippen molar-refractivity contribution in [1.29, 1.82) is 0 Å². The minimum absolute atomic E-state index is 0.455. The molecule has 7 heteroatoms. The van der Waals surface area contributed by atoms with Crippen LogP contribution in [-0.2, 0) is 9.47 Å². The number of fused-ring (bicyclic) bond motifs is 1. The van der Waals surface area contributed by atoms with Gasteiger partial charge in [-0.3, -0.25) is 0 Å². The van der Waals surface area contributed by atoms with Crippen LogP contribution in [-0.4, -0.2) is 69.0 Å². The predicted molar refractivity (Wildman–Crippen MR) is 246 cm³/mol. The van der Waals surface area contributed by atoms with Crippen LogP contribution in [0, 0.1) is 11.8 Å². The summed E-state index contributed by atoms with van der Waals surface area (Å²) in [5.41, 5.74) is 0. The molecule has 1 aromatic heterocycles. The van der Waals surface area contributed by atoms with Crippen molar-refractivity contribution in [2.24, 2.45) is 11.8 Å². The molecule has 2 atom stereocenters. The van der Waals surface area contributed by atoms with Gasteiger partial charge in [0.1, 0.15) is 0 Å². The number of unbranched alkanes of at least 4 members (excludes halogenated alkanes) is 8. The van der Waals surface area contributed by atoms with Crippen molar-refractivity contribution >= 4 is 53.9 Å². The van der Waals surface area contributed by atoms with E-state index in [0.29, 0.717) is 25.0 Å². The zero-order valence-corrected chi connectivity index (χ0v) is 44.4. The van der Waals surface area contributed by atoms with Gasteiger partial charge in [0.25, 0.3) is 0 Å². The first-order valence-corrected chi connectivity index (χ1v) is 39.8. The summed E-state index contributed by atoms with van der Waals surface area (Å²) >= 11 is -3.52. The van der Waals surface area contributed by atoms with E-state index in [1.54, 1.807) is 5.79 Å². The van der Waals surface area contributed by atoms with Crippen LogP contribution in [0.3, 0.4) is 0 Å². The normalized spacial score (nSPS) is 15.7. The summed E-state index contributed by atoms with van der Waals surface area (Å²) in [5.74, 6) is 2.64. The number of ether oxygens (including phenoxy) is 4. The van der Waals surface area contributed by atoms with E-state index in [0.717, 1.165) is 26.1 Å². The van der Waals surface area contributed by atoms with Crippen LogP contribution in [0.25, 0.3) is 0 Å². The molecule has 0 amide bonds. The maximum atomic E-state index is 7.45. The second-order valence-corrected chi connectivity index (χ2v) is 46.7. The van der Waals surface area contributed by atoms with E-state index in [1.165, 1.54) is 154 Å². The molecule has 2 heterocycles. The first-order valence-electron chi connectivity index (χ1n) is 24.0. The quantitative estimate of drug-likeness (QED) is 0.0509. The van der Waals surface area contributed by atoms with Crippen LogP contribution in [0.15, 0.2) is 0 Å². The van der Waals surface area contributed by atoms with Gasteiger partial charge in [-0.2, -0.15) is 0 Å². The van der Waals surface area contributed by atoms with Crippen molar-refractivity contribution < 1.29 is 18.9 Å². The van der Waals surface area contributed by atoms with Gasteiger partial charge in [-0.15, -0.1) is 0 Å². The second kappa shape index (κ2) is 29.1. The predicted octanol–water partition coefficient (Wildman–Crippen LogP) is 14.8. The molecule has 0 aliphatic carbocycles. The zero-order valence-electron chi connectivity index (χ0n) is 37.9. The molecule has 4 nitrogen and oxygen atoms in total. The Morgan fingerprint density at radius 3 is 1.04 bits per heavy atom. The molecule has 0 fully saturated rings. The Hall–Kier alpha value is 0.817. The van der Waals surface area contributed by atoms with Crippen LogP contribution in [0.1, 0.15) is 198 Å². The molecule has 54 heavy (non-hydrogen) atoms. The molecule has 0 N–H and O–H groups in total. The first kappa shape index (κ1) is 51.0. The van der Waals surface area contributed by atoms with Gasteiger partial charge in [-0.1, -0.05) is 0 Å². The molecule has 2 unspecified atom stereocenters. The van der Waals surface area contributed by atoms with Gasteiger partial charge < -0.3 is 0 Å². The average Bonchev–Trinajstić information content (AvgIpc) is 3.48. The molecular formula is C47H92O4SSn2. The SMILES string of the molecule is CCCCC(CC)COC1(OCC(CC)CCCC)COc2[c]([Sn]([CH2]CCC)([CH2]CCC)[CH2]CCC)s[c]([Sn]([CH2]CCC)([CH2]CCC)[CH2]CCC)c2OC1. The van der Waals surface area contributed by atoms with Crippen LogP contribution in [0.2, 0.25) is 26.6 Å². The van der Waals surface area contributed by atoms with E-state index >= 15 is 0 Å². The van der Waals surface area contributed by atoms with Crippen molar-refractivity contribution in [1.82, 2.24) is 0 Å². The van der Waals surface area contributed by atoms with Gasteiger partial charge in [-0.05, 0) is 0 Å². The fraction of sp³-hybridized carbons (Fsp3) is 0.915. The van der Waals surface area contributed by atoms with Crippen molar-refractivity contribution in [3.8, 4) is 11.5 Å². The molecule has 0 spiro atoms. The summed E-state index contributed by atoms with van der Waals surface area (Å²) in [6.45, 7) is 26.1. The Morgan fingerprint density at radius 2 is 0.778 bits per heavy atom. The molecule has 0 radical (unpaired) electrons. The molecule has 0 saturated heterocycles. The van der Waals surface area contributed by atoms with Gasteiger partial charge in [0, 0.05) is 0 Å². The van der Waals surface area contributed by atoms with Gasteiger partial charge in [0.2, 0.25) is 0 Å². The number of hydrogen-bond donors (Lipinski definition) is 0.